The number of nitrogens with one attached hydrogen (secondary N) is 1. The van der Waals surface area contributed by atoms with Crippen molar-refractivity contribution >= 4 is 0 Å². The van der Waals surface area contributed by atoms with E-state index in [4.69, 9.17) is 0 Å². The molecule has 1 saturated carbocycles. The van der Waals surface area contributed by atoms with Crippen LogP contribution in [-0.4, -0.2) is 23.8 Å². The lowest BCUT2D eigenvalue weighted by Crippen LogP contribution is -2.41. The number of hydrogen-bond acceptors (Lipinski definition) is 2. The van der Waals surface area contributed by atoms with Gasteiger partial charge < -0.3 is 10.4 Å². The Morgan fingerprint density at radius 2 is 2.00 bits per heavy atom. The predicted molar refractivity (Wildman–Crippen MR) is 60.3 cm³/mol. The highest BCUT2D eigenvalue weighted by Gasteiger charge is 2.20. The van der Waals surface area contributed by atoms with E-state index in [1.54, 1.807) is 0 Å². The summed E-state index contributed by atoms with van der Waals surface area (Å²) in [5.41, 5.74) is 0. The first kappa shape index (κ1) is 12.0. The summed E-state index contributed by atoms with van der Waals surface area (Å²) in [6.07, 6.45) is 7.00. The molecule has 0 aromatic rings. The summed E-state index contributed by atoms with van der Waals surface area (Å²) in [5.74, 6) is 0.727. The lowest BCUT2D eigenvalue weighted by atomic mass is 10.0. The van der Waals surface area contributed by atoms with E-state index in [9.17, 15) is 5.11 Å². The Hall–Kier alpha value is -0.0800. The monoisotopic (exact) mass is 199 g/mol. The van der Waals surface area contributed by atoms with Gasteiger partial charge in [-0.3, -0.25) is 0 Å². The average Bonchev–Trinajstić information content (AvgIpc) is 2.39. The Bertz CT molecular complexity index is 149. The van der Waals surface area contributed by atoms with Gasteiger partial charge >= 0.3 is 0 Å². The maximum atomic E-state index is 9.87. The van der Waals surface area contributed by atoms with E-state index in [2.05, 4.69) is 19.2 Å². The summed E-state index contributed by atoms with van der Waals surface area (Å²) in [6, 6.07) is 0.353. The van der Waals surface area contributed by atoms with Gasteiger partial charge in [0.1, 0.15) is 0 Å². The van der Waals surface area contributed by atoms with Crippen molar-refractivity contribution in [3.05, 3.63) is 0 Å². The first-order valence-corrected chi connectivity index (χ1v) is 6.15. The van der Waals surface area contributed by atoms with Crippen molar-refractivity contribution in [3.63, 3.8) is 0 Å². The Kier molecular flexibility index (Phi) is 5.49. The van der Waals surface area contributed by atoms with Crippen LogP contribution < -0.4 is 5.32 Å². The Balaban J connectivity index is 2.26. The van der Waals surface area contributed by atoms with Crippen molar-refractivity contribution in [2.75, 3.05) is 6.54 Å². The third-order valence-electron chi connectivity index (χ3n) is 3.40. The molecule has 14 heavy (non-hydrogen) atoms. The van der Waals surface area contributed by atoms with Gasteiger partial charge in [0.05, 0.1) is 6.10 Å². The molecule has 0 aliphatic heterocycles. The van der Waals surface area contributed by atoms with Crippen LogP contribution in [0.25, 0.3) is 0 Å². The fourth-order valence-corrected chi connectivity index (χ4v) is 2.02. The van der Waals surface area contributed by atoms with Gasteiger partial charge in [0.2, 0.25) is 0 Å². The fourth-order valence-electron chi connectivity index (χ4n) is 2.02. The Labute approximate surface area is 88.1 Å². The second-order valence-electron chi connectivity index (χ2n) is 4.73. The molecule has 0 bridgehead atoms. The van der Waals surface area contributed by atoms with Gasteiger partial charge in [0, 0.05) is 6.04 Å². The van der Waals surface area contributed by atoms with Crippen molar-refractivity contribution in [1.82, 2.24) is 5.32 Å². The first-order valence-electron chi connectivity index (χ1n) is 6.15. The van der Waals surface area contributed by atoms with Gasteiger partial charge in [0.15, 0.2) is 0 Å². The standard InChI is InChI=1S/C12H25NO/c1-3-10(2)9-13-11-7-5-4-6-8-12(11)14/h10-14H,3-9H2,1-2H3. The maximum Gasteiger partial charge on any atom is 0.0693 e. The minimum Gasteiger partial charge on any atom is -0.392 e. The molecule has 84 valence electrons. The molecular formula is C12H25NO. The molecule has 1 aliphatic rings. The molecule has 0 spiro atoms. The van der Waals surface area contributed by atoms with Crippen LogP contribution in [0.15, 0.2) is 0 Å². The van der Waals surface area contributed by atoms with Crippen LogP contribution in [0.1, 0.15) is 52.4 Å². The van der Waals surface area contributed by atoms with Crippen LogP contribution in [0.5, 0.6) is 0 Å². The zero-order chi connectivity index (χ0) is 10.4. The summed E-state index contributed by atoms with van der Waals surface area (Å²) in [6.45, 7) is 5.53. The van der Waals surface area contributed by atoms with E-state index < -0.39 is 0 Å². The molecular weight excluding hydrogens is 174 g/mol. The molecule has 1 aliphatic carbocycles. The number of aliphatic hydroxyl groups is 1. The second-order valence-corrected chi connectivity index (χ2v) is 4.73. The lowest BCUT2D eigenvalue weighted by Gasteiger charge is -2.23. The van der Waals surface area contributed by atoms with E-state index >= 15 is 0 Å². The summed E-state index contributed by atoms with van der Waals surface area (Å²) in [4.78, 5) is 0. The molecule has 1 fully saturated rings. The molecule has 0 radical (unpaired) electrons. The van der Waals surface area contributed by atoms with Gasteiger partial charge in [-0.1, -0.05) is 39.5 Å². The average molecular weight is 199 g/mol. The van der Waals surface area contributed by atoms with Crippen LogP contribution in [0.3, 0.4) is 0 Å². The van der Waals surface area contributed by atoms with Crippen molar-refractivity contribution < 1.29 is 5.11 Å². The molecule has 2 N–H and O–H groups in total. The number of rotatable bonds is 4. The van der Waals surface area contributed by atoms with Crippen molar-refractivity contribution in [2.24, 2.45) is 5.92 Å². The summed E-state index contributed by atoms with van der Waals surface area (Å²) in [7, 11) is 0. The van der Waals surface area contributed by atoms with Crippen molar-refractivity contribution in [2.45, 2.75) is 64.5 Å². The summed E-state index contributed by atoms with van der Waals surface area (Å²) < 4.78 is 0. The molecule has 2 heteroatoms. The summed E-state index contributed by atoms with van der Waals surface area (Å²) >= 11 is 0. The lowest BCUT2D eigenvalue weighted by molar-refractivity contribution is 0.118. The number of aliphatic hydroxyl groups excluding tert-OH is 1. The molecule has 0 heterocycles. The van der Waals surface area contributed by atoms with Crippen LogP contribution in [0, 0.1) is 5.92 Å². The van der Waals surface area contributed by atoms with E-state index in [1.807, 2.05) is 0 Å². The minimum atomic E-state index is -0.110. The number of hydrogen-bond donors (Lipinski definition) is 2. The zero-order valence-electron chi connectivity index (χ0n) is 9.63. The van der Waals surface area contributed by atoms with Crippen LogP contribution in [0.2, 0.25) is 0 Å². The molecule has 0 amide bonds. The molecule has 1 rings (SSSR count). The molecule has 3 atom stereocenters. The SMILES string of the molecule is CCC(C)CNC1CCCCCC1O. The van der Waals surface area contributed by atoms with E-state index in [-0.39, 0.29) is 6.10 Å². The van der Waals surface area contributed by atoms with E-state index in [0.717, 1.165) is 25.3 Å². The highest BCUT2D eigenvalue weighted by atomic mass is 16.3. The normalized spacial score (nSPS) is 31.1. The van der Waals surface area contributed by atoms with Crippen LogP contribution >= 0.6 is 0 Å². The van der Waals surface area contributed by atoms with Crippen LogP contribution in [0.4, 0.5) is 0 Å². The quantitative estimate of drug-likeness (QED) is 0.681. The topological polar surface area (TPSA) is 32.3 Å². The van der Waals surface area contributed by atoms with E-state index in [1.165, 1.54) is 25.7 Å². The Morgan fingerprint density at radius 1 is 1.29 bits per heavy atom. The highest BCUT2D eigenvalue weighted by molar-refractivity contribution is 4.79. The van der Waals surface area contributed by atoms with E-state index in [0.29, 0.717) is 6.04 Å². The predicted octanol–water partition coefficient (Wildman–Crippen LogP) is 2.32. The Morgan fingerprint density at radius 3 is 2.71 bits per heavy atom. The van der Waals surface area contributed by atoms with Crippen LogP contribution in [-0.2, 0) is 0 Å². The molecule has 0 aromatic carbocycles. The second kappa shape index (κ2) is 6.41. The smallest absolute Gasteiger partial charge is 0.0693 e. The third kappa shape index (κ3) is 3.97. The van der Waals surface area contributed by atoms with Gasteiger partial charge in [-0.05, 0) is 25.3 Å². The van der Waals surface area contributed by atoms with Gasteiger partial charge in [-0.2, -0.15) is 0 Å². The van der Waals surface area contributed by atoms with Gasteiger partial charge in [-0.25, -0.2) is 0 Å². The first-order chi connectivity index (χ1) is 6.74. The summed E-state index contributed by atoms with van der Waals surface area (Å²) in [5, 5.41) is 13.4. The molecule has 0 aromatic heterocycles. The van der Waals surface area contributed by atoms with Crippen molar-refractivity contribution in [1.29, 1.82) is 0 Å². The minimum absolute atomic E-state index is 0.110. The van der Waals surface area contributed by atoms with Crippen molar-refractivity contribution in [3.8, 4) is 0 Å². The highest BCUT2D eigenvalue weighted by Crippen LogP contribution is 2.18. The maximum absolute atomic E-state index is 9.87. The zero-order valence-corrected chi connectivity index (χ0v) is 9.63. The third-order valence-corrected chi connectivity index (χ3v) is 3.40. The molecule has 0 saturated heterocycles. The molecule has 3 unspecified atom stereocenters. The fraction of sp³-hybridized carbons (Fsp3) is 1.00. The largest absolute Gasteiger partial charge is 0.392 e. The van der Waals surface area contributed by atoms with Gasteiger partial charge in [0.25, 0.3) is 0 Å². The van der Waals surface area contributed by atoms with Gasteiger partial charge in [-0.15, -0.1) is 0 Å². The molecule has 2 nitrogen and oxygen atoms in total.